The van der Waals surface area contributed by atoms with Crippen LogP contribution in [0.15, 0.2) is 35.4 Å². The number of hydrogen-bond donors (Lipinski definition) is 1. The van der Waals surface area contributed by atoms with E-state index in [4.69, 9.17) is 9.47 Å². The number of aliphatic hydroxyl groups is 1. The number of methoxy groups -OCH3 is 2. The van der Waals surface area contributed by atoms with Crippen molar-refractivity contribution in [2.75, 3.05) is 20.8 Å². The van der Waals surface area contributed by atoms with Crippen molar-refractivity contribution in [2.45, 2.75) is 89.4 Å². The molecule has 0 spiro atoms. The van der Waals surface area contributed by atoms with E-state index in [1.807, 2.05) is 12.1 Å². The highest BCUT2D eigenvalue weighted by Gasteiger charge is 2.54. The van der Waals surface area contributed by atoms with Gasteiger partial charge in [-0.05, 0) is 57.2 Å². The van der Waals surface area contributed by atoms with Crippen LogP contribution in [0.1, 0.15) is 45.1 Å². The number of ether oxygens (including phenoxy) is 2. The van der Waals surface area contributed by atoms with E-state index in [1.54, 1.807) is 14.2 Å². The van der Waals surface area contributed by atoms with Crippen molar-refractivity contribution in [1.29, 1.82) is 0 Å². The van der Waals surface area contributed by atoms with Crippen molar-refractivity contribution in [3.63, 3.8) is 0 Å². The summed E-state index contributed by atoms with van der Waals surface area (Å²) in [6.45, 7) is 12.3. The second kappa shape index (κ2) is 10.1. The maximum atomic E-state index is 11.2. The van der Waals surface area contributed by atoms with E-state index in [9.17, 15) is 5.11 Å². The zero-order chi connectivity index (χ0) is 23.5. The van der Waals surface area contributed by atoms with E-state index < -0.39 is 14.2 Å². The number of allylic oxidation sites excluding steroid dienone is 1. The second-order valence-corrected chi connectivity index (χ2v) is 15.5. The van der Waals surface area contributed by atoms with Crippen LogP contribution >= 0.6 is 0 Å². The van der Waals surface area contributed by atoms with Gasteiger partial charge in [-0.25, -0.2) is 0 Å². The van der Waals surface area contributed by atoms with Crippen LogP contribution in [0.3, 0.4) is 0 Å². The fourth-order valence-electron chi connectivity index (χ4n) is 5.36. The number of aliphatic hydroxyl groups excluding tert-OH is 1. The van der Waals surface area contributed by atoms with Crippen LogP contribution in [0.2, 0.25) is 19.6 Å². The summed E-state index contributed by atoms with van der Waals surface area (Å²) >= 11 is 0. The highest BCUT2D eigenvalue weighted by Crippen LogP contribution is 2.47. The summed E-state index contributed by atoms with van der Waals surface area (Å²) in [4.78, 5) is 2.65. The van der Waals surface area contributed by atoms with Gasteiger partial charge in [0.2, 0.25) is 0 Å². The Morgan fingerprint density at radius 2 is 1.88 bits per heavy atom. The Kier molecular flexibility index (Phi) is 7.93. The number of rotatable bonds is 6. The quantitative estimate of drug-likeness (QED) is 0.379. The monoisotopic (exact) mass is 455 g/mol. The number of hydrogen-bond acceptors (Lipinski definition) is 4. The zero-order valence-corrected chi connectivity index (χ0v) is 22.0. The smallest absolute Gasteiger partial charge is 0.129 e. The van der Waals surface area contributed by atoms with Crippen molar-refractivity contribution >= 4 is 8.07 Å². The predicted octanol–water partition coefficient (Wildman–Crippen LogP) is 4.83. The van der Waals surface area contributed by atoms with Gasteiger partial charge in [0.15, 0.2) is 0 Å². The highest BCUT2D eigenvalue weighted by molar-refractivity contribution is 6.83. The lowest BCUT2D eigenvalue weighted by atomic mass is 9.76. The lowest BCUT2D eigenvalue weighted by molar-refractivity contribution is -0.135. The molecule has 4 nitrogen and oxygen atoms in total. The lowest BCUT2D eigenvalue weighted by Crippen LogP contribution is -2.64. The molecule has 0 amide bonds. The third kappa shape index (κ3) is 5.66. The minimum absolute atomic E-state index is 0.0493. The van der Waals surface area contributed by atoms with Gasteiger partial charge in [0.25, 0.3) is 0 Å². The van der Waals surface area contributed by atoms with Crippen LogP contribution in [-0.2, 0) is 11.2 Å². The molecule has 176 valence electrons. The normalized spacial score (nSPS) is 28.1. The van der Waals surface area contributed by atoms with Gasteiger partial charge in [-0.3, -0.25) is 4.90 Å². The van der Waals surface area contributed by atoms with Gasteiger partial charge in [-0.1, -0.05) is 42.9 Å². The molecule has 0 bridgehead atoms. The second-order valence-electron chi connectivity index (χ2n) is 10.8. The minimum Gasteiger partial charge on any atom is -0.497 e. The Morgan fingerprint density at radius 3 is 2.44 bits per heavy atom. The summed E-state index contributed by atoms with van der Waals surface area (Å²) in [6.07, 6.45) is 3.82. The molecule has 2 aliphatic rings. The molecular formula is C27H41NO3Si. The fourth-order valence-corrected chi connectivity index (χ4v) is 6.02. The van der Waals surface area contributed by atoms with E-state index in [-0.39, 0.29) is 17.7 Å². The molecule has 0 aliphatic carbocycles. The van der Waals surface area contributed by atoms with Gasteiger partial charge >= 0.3 is 0 Å². The maximum Gasteiger partial charge on any atom is 0.129 e. The summed E-state index contributed by atoms with van der Waals surface area (Å²) < 4.78 is 11.2. The fraction of sp³-hybridized carbons (Fsp3) is 0.630. The number of piperidine rings is 1. The van der Waals surface area contributed by atoms with Crippen LogP contribution in [0.5, 0.6) is 5.75 Å². The van der Waals surface area contributed by atoms with Gasteiger partial charge in [0, 0.05) is 31.7 Å². The van der Waals surface area contributed by atoms with Crippen LogP contribution in [0.4, 0.5) is 0 Å². The molecule has 32 heavy (non-hydrogen) atoms. The molecule has 0 unspecified atom stereocenters. The van der Waals surface area contributed by atoms with E-state index in [2.05, 4.69) is 62.0 Å². The topological polar surface area (TPSA) is 41.9 Å². The van der Waals surface area contributed by atoms with Crippen molar-refractivity contribution in [1.82, 2.24) is 4.90 Å². The molecule has 2 saturated heterocycles. The first-order valence-electron chi connectivity index (χ1n) is 11.8. The summed E-state index contributed by atoms with van der Waals surface area (Å²) in [5, 5.41) is 11.2. The Labute approximate surface area is 196 Å². The van der Waals surface area contributed by atoms with Crippen molar-refractivity contribution in [2.24, 2.45) is 0 Å². The van der Waals surface area contributed by atoms with Gasteiger partial charge in [-0.15, -0.1) is 11.5 Å². The minimum atomic E-state index is -1.38. The molecule has 1 N–H and O–H groups in total. The summed E-state index contributed by atoms with van der Waals surface area (Å²) in [6, 6.07) is 8.42. The van der Waals surface area contributed by atoms with Gasteiger partial charge in [0.05, 0.1) is 19.3 Å². The average Bonchev–Trinajstić information content (AvgIpc) is 3.11. The molecule has 0 radical (unpaired) electrons. The predicted molar refractivity (Wildman–Crippen MR) is 135 cm³/mol. The van der Waals surface area contributed by atoms with Crippen LogP contribution in [0, 0.1) is 11.5 Å². The Bertz CT molecular complexity index is 873. The first kappa shape index (κ1) is 25.0. The van der Waals surface area contributed by atoms with Crippen LogP contribution in [0.25, 0.3) is 0 Å². The van der Waals surface area contributed by atoms with Gasteiger partial charge in [-0.2, -0.15) is 0 Å². The SMILES string of the molecule is COc1ccc(C[C@H]2[C@H](OC)[C@H](O)C[C@@]3(CCC#C[Si](C)(C)C)CC(=C(C)C)CN23)cc1. The zero-order valence-electron chi connectivity index (χ0n) is 21.0. The number of nitrogens with zero attached hydrogens (tertiary/aromatic N) is 1. The number of fused-ring (bicyclic) bond motifs is 1. The summed E-state index contributed by atoms with van der Waals surface area (Å²) in [5.74, 6) is 4.35. The standard InChI is InChI=1S/C27H41NO3Si/c1-20(2)22-17-27(14-8-9-15-32(5,6)7)18-25(29)26(31-4)24(28(27)19-22)16-21-10-12-23(30-3)13-11-21/h10-13,24-26,29H,8,14,16-19H2,1-7H3/t24-,25+,26-,27+/m0/s1. The Balaban J connectivity index is 1.93. The molecule has 2 heterocycles. The van der Waals surface area contributed by atoms with Crippen LogP contribution in [-0.4, -0.2) is 62.6 Å². The molecule has 4 atom stereocenters. The van der Waals surface area contributed by atoms with E-state index in [0.717, 1.165) is 44.4 Å². The first-order valence-corrected chi connectivity index (χ1v) is 15.3. The molecule has 5 heteroatoms. The van der Waals surface area contributed by atoms with Crippen molar-refractivity contribution in [3.8, 4) is 17.2 Å². The van der Waals surface area contributed by atoms with Gasteiger partial charge < -0.3 is 14.6 Å². The molecule has 0 aromatic heterocycles. The number of benzene rings is 1. The largest absolute Gasteiger partial charge is 0.497 e. The van der Waals surface area contributed by atoms with E-state index >= 15 is 0 Å². The average molecular weight is 456 g/mol. The van der Waals surface area contributed by atoms with E-state index in [0.29, 0.717) is 0 Å². The molecule has 2 aliphatic heterocycles. The van der Waals surface area contributed by atoms with Crippen LogP contribution < -0.4 is 4.74 Å². The Morgan fingerprint density at radius 1 is 1.19 bits per heavy atom. The molecule has 3 rings (SSSR count). The van der Waals surface area contributed by atoms with E-state index in [1.165, 1.54) is 16.7 Å². The van der Waals surface area contributed by atoms with Crippen molar-refractivity contribution in [3.05, 3.63) is 41.0 Å². The summed E-state index contributed by atoms with van der Waals surface area (Å²) in [7, 11) is 2.05. The molecule has 1 aromatic carbocycles. The molecule has 2 fully saturated rings. The lowest BCUT2D eigenvalue weighted by Gasteiger charge is -2.52. The molecule has 1 aromatic rings. The highest BCUT2D eigenvalue weighted by atomic mass is 28.3. The van der Waals surface area contributed by atoms with Crippen molar-refractivity contribution < 1.29 is 14.6 Å². The third-order valence-corrected chi connectivity index (χ3v) is 7.95. The molecule has 0 saturated carbocycles. The first-order chi connectivity index (χ1) is 15.1. The third-order valence-electron chi connectivity index (χ3n) is 7.02. The molecular weight excluding hydrogens is 414 g/mol. The summed E-state index contributed by atoms with van der Waals surface area (Å²) in [5.41, 5.74) is 7.62. The Hall–Kier alpha value is -1.58. The van der Waals surface area contributed by atoms with Gasteiger partial charge in [0.1, 0.15) is 13.8 Å². The maximum absolute atomic E-state index is 11.2.